The molecule has 0 saturated heterocycles. The summed E-state index contributed by atoms with van der Waals surface area (Å²) in [5, 5.41) is 3.99. The van der Waals surface area contributed by atoms with Gasteiger partial charge in [0.25, 0.3) is 0 Å². The summed E-state index contributed by atoms with van der Waals surface area (Å²) in [5.41, 5.74) is 3.13. The number of carbonyl (C=O) groups is 2. The van der Waals surface area contributed by atoms with Gasteiger partial charge in [-0.25, -0.2) is 0 Å². The van der Waals surface area contributed by atoms with Crippen LogP contribution in [0.1, 0.15) is 70.1 Å². The number of rotatable bonds is 10. The molecule has 0 saturated carbocycles. The molecule has 2 rings (SSSR count). The molecular weight excluding hydrogens is 443 g/mol. The van der Waals surface area contributed by atoms with Crippen LogP contribution in [0.2, 0.25) is 10.0 Å². The predicted octanol–water partition coefficient (Wildman–Crippen LogP) is 6.38. The van der Waals surface area contributed by atoms with Crippen LogP contribution in [0.15, 0.2) is 42.5 Å². The second-order valence-corrected chi connectivity index (χ2v) is 9.49. The fourth-order valence-corrected chi connectivity index (χ4v) is 3.81. The highest BCUT2D eigenvalue weighted by Crippen LogP contribution is 2.24. The number of hydrogen-bond donors (Lipinski definition) is 1. The summed E-state index contributed by atoms with van der Waals surface area (Å²) >= 11 is 12.4. The van der Waals surface area contributed by atoms with Gasteiger partial charge in [0, 0.05) is 29.1 Å². The maximum atomic E-state index is 13.3. The summed E-state index contributed by atoms with van der Waals surface area (Å²) in [4.78, 5) is 27.7. The molecular formula is C26H34Cl2N2O2. The van der Waals surface area contributed by atoms with Crippen molar-refractivity contribution in [3.05, 3.63) is 69.2 Å². The van der Waals surface area contributed by atoms with Gasteiger partial charge in [0.2, 0.25) is 11.8 Å². The quantitative estimate of drug-likeness (QED) is 0.432. The number of amides is 2. The minimum Gasteiger partial charge on any atom is -0.352 e. The van der Waals surface area contributed by atoms with Gasteiger partial charge in [0.1, 0.15) is 6.04 Å². The van der Waals surface area contributed by atoms with E-state index in [1.165, 1.54) is 5.56 Å². The molecule has 0 heterocycles. The number of benzene rings is 2. The molecule has 0 aliphatic rings. The summed E-state index contributed by atoms with van der Waals surface area (Å²) in [5.74, 6) is 0.213. The fraction of sp³-hybridized carbons (Fsp3) is 0.462. The summed E-state index contributed by atoms with van der Waals surface area (Å²) in [7, 11) is 0. The van der Waals surface area contributed by atoms with Gasteiger partial charge in [-0.3, -0.25) is 9.59 Å². The van der Waals surface area contributed by atoms with Crippen molar-refractivity contribution < 1.29 is 9.59 Å². The zero-order chi connectivity index (χ0) is 23.8. The van der Waals surface area contributed by atoms with Crippen molar-refractivity contribution in [3.63, 3.8) is 0 Å². The third-order valence-corrected chi connectivity index (χ3v) is 6.39. The Morgan fingerprint density at radius 1 is 1.00 bits per heavy atom. The average Bonchev–Trinajstić information content (AvgIpc) is 2.76. The summed E-state index contributed by atoms with van der Waals surface area (Å²) < 4.78 is 0. The van der Waals surface area contributed by atoms with E-state index in [4.69, 9.17) is 23.2 Å². The first kappa shape index (κ1) is 26.2. The smallest absolute Gasteiger partial charge is 0.242 e. The Hall–Kier alpha value is -2.04. The molecule has 174 valence electrons. The second kappa shape index (κ2) is 12.3. The lowest BCUT2D eigenvalue weighted by molar-refractivity contribution is -0.140. The number of aryl methyl sites for hydroxylation is 1. The highest BCUT2D eigenvalue weighted by atomic mass is 35.5. The van der Waals surface area contributed by atoms with E-state index in [9.17, 15) is 9.59 Å². The molecule has 4 nitrogen and oxygen atoms in total. The van der Waals surface area contributed by atoms with E-state index < -0.39 is 6.04 Å². The Balaban J connectivity index is 2.17. The van der Waals surface area contributed by atoms with Gasteiger partial charge in [-0.15, -0.1) is 0 Å². The van der Waals surface area contributed by atoms with Crippen molar-refractivity contribution in [2.24, 2.45) is 0 Å². The number of halogens is 2. The Kier molecular flexibility index (Phi) is 10.0. The lowest BCUT2D eigenvalue weighted by Gasteiger charge is -2.30. The van der Waals surface area contributed by atoms with Gasteiger partial charge in [-0.1, -0.05) is 74.3 Å². The first-order valence-electron chi connectivity index (χ1n) is 11.2. The summed E-state index contributed by atoms with van der Waals surface area (Å²) in [6.45, 7) is 10.3. The van der Waals surface area contributed by atoms with Crippen molar-refractivity contribution in [2.45, 2.75) is 78.4 Å². The Morgan fingerprint density at radius 2 is 1.66 bits per heavy atom. The Bertz CT molecular complexity index is 913. The van der Waals surface area contributed by atoms with Crippen LogP contribution in [0.4, 0.5) is 0 Å². The minimum absolute atomic E-state index is 0.0421. The third-order valence-electron chi connectivity index (χ3n) is 5.80. The molecule has 0 radical (unpaired) electrons. The van der Waals surface area contributed by atoms with Crippen LogP contribution in [0, 0.1) is 0 Å². The molecule has 2 amide bonds. The fourth-order valence-electron chi connectivity index (χ4n) is 3.35. The van der Waals surface area contributed by atoms with Gasteiger partial charge in [0.05, 0.1) is 0 Å². The van der Waals surface area contributed by atoms with E-state index in [-0.39, 0.29) is 24.4 Å². The average molecular weight is 477 g/mol. The zero-order valence-corrected chi connectivity index (χ0v) is 21.1. The number of hydrogen-bond acceptors (Lipinski definition) is 2. The summed E-state index contributed by atoms with van der Waals surface area (Å²) in [6.07, 6.45) is 1.75. The topological polar surface area (TPSA) is 49.4 Å². The molecule has 1 N–H and O–H groups in total. The van der Waals surface area contributed by atoms with E-state index in [1.807, 2.05) is 13.8 Å². The summed E-state index contributed by atoms with van der Waals surface area (Å²) in [6, 6.07) is 13.0. The van der Waals surface area contributed by atoms with Crippen molar-refractivity contribution in [1.82, 2.24) is 10.2 Å². The molecule has 0 spiro atoms. The largest absolute Gasteiger partial charge is 0.352 e. The van der Waals surface area contributed by atoms with E-state index in [0.717, 1.165) is 17.5 Å². The molecule has 0 aliphatic heterocycles. The Morgan fingerprint density at radius 3 is 2.22 bits per heavy atom. The van der Waals surface area contributed by atoms with Gasteiger partial charge in [0.15, 0.2) is 0 Å². The molecule has 0 bridgehead atoms. The van der Waals surface area contributed by atoms with E-state index in [1.54, 1.807) is 30.0 Å². The van der Waals surface area contributed by atoms with E-state index >= 15 is 0 Å². The minimum atomic E-state index is -0.619. The molecule has 2 aromatic carbocycles. The standard InChI is InChI=1S/C26H34Cl2N2O2/c1-6-18(4)29-26(32)19(5)30(16-22-12-13-23(27)15-24(22)28)25(31)14-9-20-7-10-21(11-8-20)17(2)3/h7-8,10-13,15,17-19H,6,9,14,16H2,1-5H3,(H,29,32)/t18-,19-/m0/s1. The van der Waals surface area contributed by atoms with E-state index in [0.29, 0.717) is 28.8 Å². The highest BCUT2D eigenvalue weighted by Gasteiger charge is 2.27. The van der Waals surface area contributed by atoms with Crippen molar-refractivity contribution in [2.75, 3.05) is 0 Å². The molecule has 6 heteroatoms. The molecule has 0 fully saturated rings. The number of carbonyl (C=O) groups excluding carboxylic acids is 2. The first-order chi connectivity index (χ1) is 15.1. The molecule has 2 atom stereocenters. The Labute approximate surface area is 202 Å². The molecule has 0 aromatic heterocycles. The number of nitrogens with zero attached hydrogens (tertiary/aromatic N) is 1. The second-order valence-electron chi connectivity index (χ2n) is 8.65. The van der Waals surface area contributed by atoms with Crippen LogP contribution in [0.3, 0.4) is 0 Å². The van der Waals surface area contributed by atoms with Crippen molar-refractivity contribution in [3.8, 4) is 0 Å². The van der Waals surface area contributed by atoms with Crippen LogP contribution >= 0.6 is 23.2 Å². The predicted molar refractivity (Wildman–Crippen MR) is 133 cm³/mol. The van der Waals surface area contributed by atoms with Gasteiger partial charge in [-0.2, -0.15) is 0 Å². The van der Waals surface area contributed by atoms with Crippen LogP contribution in [-0.2, 0) is 22.6 Å². The maximum Gasteiger partial charge on any atom is 0.242 e. The van der Waals surface area contributed by atoms with Crippen molar-refractivity contribution in [1.29, 1.82) is 0 Å². The highest BCUT2D eigenvalue weighted by molar-refractivity contribution is 6.35. The van der Waals surface area contributed by atoms with Gasteiger partial charge < -0.3 is 10.2 Å². The lowest BCUT2D eigenvalue weighted by Crippen LogP contribution is -2.49. The maximum absolute atomic E-state index is 13.3. The third kappa shape index (κ3) is 7.53. The SMILES string of the molecule is CC[C@H](C)NC(=O)[C@H](C)N(Cc1ccc(Cl)cc1Cl)C(=O)CCc1ccc(C(C)C)cc1. The number of nitrogens with one attached hydrogen (secondary N) is 1. The zero-order valence-electron chi connectivity index (χ0n) is 19.6. The normalized spacial score (nSPS) is 13.0. The van der Waals surface area contributed by atoms with Crippen LogP contribution < -0.4 is 5.32 Å². The molecule has 0 unspecified atom stereocenters. The molecule has 32 heavy (non-hydrogen) atoms. The van der Waals surface area contributed by atoms with E-state index in [2.05, 4.69) is 43.4 Å². The van der Waals surface area contributed by atoms with Crippen LogP contribution in [0.25, 0.3) is 0 Å². The van der Waals surface area contributed by atoms with Crippen LogP contribution in [-0.4, -0.2) is 28.8 Å². The molecule has 0 aliphatic carbocycles. The monoisotopic (exact) mass is 476 g/mol. The van der Waals surface area contributed by atoms with Crippen molar-refractivity contribution >= 4 is 35.0 Å². The first-order valence-corrected chi connectivity index (χ1v) is 12.0. The van der Waals surface area contributed by atoms with Gasteiger partial charge >= 0.3 is 0 Å². The van der Waals surface area contributed by atoms with Crippen LogP contribution in [0.5, 0.6) is 0 Å². The lowest BCUT2D eigenvalue weighted by atomic mass is 10.00. The molecule has 2 aromatic rings. The van der Waals surface area contributed by atoms with Gasteiger partial charge in [-0.05, 0) is 61.4 Å².